The van der Waals surface area contributed by atoms with E-state index >= 15 is 0 Å². The number of amides is 2. The number of aromatic nitrogens is 1. The summed E-state index contributed by atoms with van der Waals surface area (Å²) < 4.78 is 69.7. The number of aromatic amines is 1. The van der Waals surface area contributed by atoms with Crippen molar-refractivity contribution in [2.45, 2.75) is 18.5 Å². The quantitative estimate of drug-likeness (QED) is 0.684. The Morgan fingerprint density at radius 3 is 2.97 bits per heavy atom. The lowest BCUT2D eigenvalue weighted by Crippen LogP contribution is -2.62. The monoisotopic (exact) mass is 396 g/mol. The predicted molar refractivity (Wildman–Crippen MR) is 105 cm³/mol. The van der Waals surface area contributed by atoms with E-state index in [0.29, 0.717) is 27.5 Å². The molecule has 3 aromatic rings. The van der Waals surface area contributed by atoms with Gasteiger partial charge in [0.1, 0.15) is 6.02 Å². The number of carbonyl (C=O) groups excluding carboxylic acids is 2. The van der Waals surface area contributed by atoms with Crippen LogP contribution in [0.5, 0.6) is 11.5 Å². The number of nitrogens with zero attached hydrogens (tertiary/aromatic N) is 2. The first-order valence-electron chi connectivity index (χ1n) is 12.5. The van der Waals surface area contributed by atoms with Crippen LogP contribution in [0.4, 0.5) is 0 Å². The largest absolute Gasteiger partial charge is 0.454 e. The molecular weight excluding hydrogens is 370 g/mol. The van der Waals surface area contributed by atoms with Crippen LogP contribution in [0, 0.1) is 0 Å². The summed E-state index contributed by atoms with van der Waals surface area (Å²) >= 11 is 0. The third-order valence-electron chi connectivity index (χ3n) is 5.49. The first-order valence-corrected chi connectivity index (χ1v) is 9.02. The Labute approximate surface area is 176 Å². The van der Waals surface area contributed by atoms with E-state index in [4.69, 9.17) is 17.7 Å². The molecule has 2 aromatic carbocycles. The van der Waals surface area contributed by atoms with E-state index in [9.17, 15) is 11.0 Å². The molecule has 4 heterocycles. The Morgan fingerprint density at radius 2 is 2.07 bits per heavy atom. The van der Waals surface area contributed by atoms with Crippen LogP contribution in [0.25, 0.3) is 10.9 Å². The van der Waals surface area contributed by atoms with Crippen LogP contribution in [0.1, 0.15) is 32.5 Å². The molecule has 1 saturated heterocycles. The highest BCUT2D eigenvalue weighted by molar-refractivity contribution is 5.97. The average molecular weight is 396 g/mol. The van der Waals surface area contributed by atoms with Crippen LogP contribution in [-0.4, -0.2) is 53.0 Å². The fourth-order valence-corrected chi connectivity index (χ4v) is 4.19. The molecule has 1 N–H and O–H groups in total. The topological polar surface area (TPSA) is 74.9 Å². The van der Waals surface area contributed by atoms with Gasteiger partial charge >= 0.3 is 0 Å². The summed E-state index contributed by atoms with van der Waals surface area (Å²) in [6.07, 6.45) is -0.392. The van der Waals surface area contributed by atoms with Crippen LogP contribution in [0.3, 0.4) is 0 Å². The molecule has 7 heteroatoms. The Bertz CT molecular complexity index is 1520. The minimum atomic E-state index is -2.72. The van der Waals surface area contributed by atoms with Gasteiger partial charge in [-0.05, 0) is 29.3 Å². The van der Waals surface area contributed by atoms with Gasteiger partial charge in [-0.25, -0.2) is 0 Å². The third kappa shape index (κ3) is 2.24. The van der Waals surface area contributed by atoms with Gasteiger partial charge in [-0.15, -0.1) is 0 Å². The highest BCUT2D eigenvalue weighted by Crippen LogP contribution is 2.44. The summed E-state index contributed by atoms with van der Waals surface area (Å²) in [7, 11) is 1.13. The predicted octanol–water partition coefficient (Wildman–Crippen LogP) is 2.21. The molecule has 0 saturated carbocycles. The van der Waals surface area contributed by atoms with Crippen LogP contribution in [0.15, 0.2) is 42.4 Å². The molecule has 0 spiro atoms. The Morgan fingerprint density at radius 1 is 1.24 bits per heavy atom. The van der Waals surface area contributed by atoms with E-state index < -0.39 is 48.9 Å². The van der Waals surface area contributed by atoms with Gasteiger partial charge in [0.25, 0.3) is 0 Å². The number of rotatable bonds is 1. The maximum atomic E-state index is 13.6. The molecule has 146 valence electrons. The SMILES string of the molecule is [2H]c1c([2H])c([2H])c2c3c([nH]c2c1[2H])C(c1ccc2c(c1)OCO2)N1C(=O)C([2H])([2H])N(C)C(=O)[C@@]1([2H])C3. The first-order chi connectivity index (χ1) is 16.9. The summed E-state index contributed by atoms with van der Waals surface area (Å²) in [5.41, 5.74) is 1.04. The zero-order chi connectivity index (χ0) is 25.9. The highest BCUT2D eigenvalue weighted by atomic mass is 16.7. The summed E-state index contributed by atoms with van der Waals surface area (Å²) in [5.74, 6) is -1.21. The van der Waals surface area contributed by atoms with E-state index in [2.05, 4.69) is 4.98 Å². The second-order valence-electron chi connectivity index (χ2n) is 7.06. The molecule has 3 aliphatic rings. The molecule has 6 rings (SSSR count). The number of hydrogen-bond acceptors (Lipinski definition) is 4. The number of para-hydroxylation sites is 1. The molecule has 1 aromatic heterocycles. The molecule has 29 heavy (non-hydrogen) atoms. The summed E-state index contributed by atoms with van der Waals surface area (Å²) in [6, 6.07) is -0.230. The zero-order valence-electron chi connectivity index (χ0n) is 22.3. The number of benzene rings is 2. The number of nitrogens with one attached hydrogen (secondary N) is 1. The van der Waals surface area contributed by atoms with Crippen molar-refractivity contribution in [3.8, 4) is 11.5 Å². The smallest absolute Gasteiger partial charge is 0.245 e. The fourth-order valence-electron chi connectivity index (χ4n) is 4.19. The maximum Gasteiger partial charge on any atom is 0.245 e. The first kappa shape index (κ1) is 10.9. The summed E-state index contributed by atoms with van der Waals surface area (Å²) in [4.78, 5) is 31.6. The van der Waals surface area contributed by atoms with Crippen LogP contribution < -0.4 is 9.47 Å². The van der Waals surface area contributed by atoms with Gasteiger partial charge in [0, 0.05) is 30.1 Å². The number of likely N-dealkylation sites (N-methyl/N-ethyl adjacent to an activating group) is 1. The highest BCUT2D eigenvalue weighted by Gasteiger charge is 2.47. The van der Waals surface area contributed by atoms with Gasteiger partial charge in [0.15, 0.2) is 11.5 Å². The molecule has 3 aliphatic heterocycles. The maximum absolute atomic E-state index is 13.6. The van der Waals surface area contributed by atoms with Crippen LogP contribution in [-0.2, 0) is 16.0 Å². The minimum absolute atomic E-state index is 0.0130. The second-order valence-corrected chi connectivity index (χ2v) is 7.06. The lowest BCUT2D eigenvalue weighted by atomic mass is 9.86. The van der Waals surface area contributed by atoms with E-state index in [1.165, 1.54) is 0 Å². The van der Waals surface area contributed by atoms with E-state index in [-0.39, 0.29) is 35.5 Å². The molecule has 1 fully saturated rings. The van der Waals surface area contributed by atoms with Crippen molar-refractivity contribution in [3.05, 3.63) is 59.2 Å². The van der Waals surface area contributed by atoms with Crippen LogP contribution >= 0.6 is 0 Å². The van der Waals surface area contributed by atoms with Gasteiger partial charge in [-0.3, -0.25) is 9.59 Å². The van der Waals surface area contributed by atoms with Gasteiger partial charge in [-0.2, -0.15) is 0 Å². The molecule has 2 atom stereocenters. The number of ether oxygens (including phenoxy) is 2. The van der Waals surface area contributed by atoms with Crippen molar-refractivity contribution in [2.24, 2.45) is 0 Å². The van der Waals surface area contributed by atoms with E-state index in [1.807, 2.05) is 0 Å². The number of hydrogen-bond donors (Lipinski definition) is 1. The van der Waals surface area contributed by atoms with Gasteiger partial charge in [0.05, 0.1) is 22.1 Å². The molecule has 1 unspecified atom stereocenters. The Kier molecular flexibility index (Phi) is 2.17. The van der Waals surface area contributed by atoms with E-state index in [1.54, 1.807) is 18.2 Å². The second kappa shape index (κ2) is 5.76. The van der Waals surface area contributed by atoms with Crippen molar-refractivity contribution in [3.63, 3.8) is 0 Å². The molecule has 0 aliphatic carbocycles. The molecular formula is C22H19N3O4. The number of piperazine rings is 1. The summed E-state index contributed by atoms with van der Waals surface area (Å²) in [6.45, 7) is -2.73. The minimum Gasteiger partial charge on any atom is -0.454 e. The van der Waals surface area contributed by atoms with Crippen molar-refractivity contribution in [1.29, 1.82) is 0 Å². The van der Waals surface area contributed by atoms with Gasteiger partial charge < -0.3 is 24.3 Å². The Balaban J connectivity index is 1.70. The van der Waals surface area contributed by atoms with Gasteiger partial charge in [0.2, 0.25) is 18.6 Å². The van der Waals surface area contributed by atoms with Crippen molar-refractivity contribution >= 4 is 22.7 Å². The van der Waals surface area contributed by atoms with E-state index in [0.717, 1.165) is 11.9 Å². The lowest BCUT2D eigenvalue weighted by Gasteiger charge is -2.46. The van der Waals surface area contributed by atoms with Gasteiger partial charge in [-0.1, -0.05) is 24.2 Å². The molecule has 7 nitrogen and oxygen atoms in total. The van der Waals surface area contributed by atoms with Crippen molar-refractivity contribution in [2.75, 3.05) is 20.3 Å². The van der Waals surface area contributed by atoms with Crippen molar-refractivity contribution < 1.29 is 28.7 Å². The normalized spacial score (nSPS) is 30.5. The standard InChI is InChI=1S/C22H19N3O4/c1-24-10-19(26)25-16(22(24)27)9-14-13-4-2-3-5-15(13)23-20(14)21(25)12-6-7-17-18(8-12)29-11-28-17/h2-8,16,21,23H,9-11H2,1H3/t16-,21?/m1/s1/i2D,3D,4D,5D,10D2,16D. The molecule has 0 bridgehead atoms. The Hall–Kier alpha value is -3.48. The third-order valence-corrected chi connectivity index (χ3v) is 5.49. The average Bonchev–Trinajstić information content (AvgIpc) is 3.47. The number of H-pyrrole nitrogens is 1. The lowest BCUT2D eigenvalue weighted by molar-refractivity contribution is -0.157. The molecule has 2 amide bonds. The number of carbonyl (C=O) groups is 2. The summed E-state index contributed by atoms with van der Waals surface area (Å²) in [5, 5.41) is 0.129. The fraction of sp³-hybridized carbons (Fsp3) is 0.273. The zero-order valence-corrected chi connectivity index (χ0v) is 15.3. The van der Waals surface area contributed by atoms with Crippen molar-refractivity contribution in [1.82, 2.24) is 14.8 Å². The van der Waals surface area contributed by atoms with Crippen LogP contribution in [0.2, 0.25) is 0 Å². The number of fused-ring (bicyclic) bond motifs is 5. The molecule has 0 radical (unpaired) electrons.